The molecule has 2 aromatic heterocycles. The Bertz CT molecular complexity index is 842. The number of carbonyl (C=O) groups excluding carboxylic acids is 1. The standard InChI is InChI=1S/C16H21N5O4/c1-19-14-12(10-18-19)15(23)21(11-17-14)5-2-13(22)20-6-3-16(4-7-20)24-8-9-25-16/h10-11H,2-9H2,1H3. The van der Waals surface area contributed by atoms with Crippen molar-refractivity contribution in [3.63, 3.8) is 0 Å². The Morgan fingerprint density at radius 1 is 1.28 bits per heavy atom. The van der Waals surface area contributed by atoms with Crippen molar-refractivity contribution in [2.24, 2.45) is 7.05 Å². The second kappa shape index (κ2) is 6.23. The second-order valence-corrected chi connectivity index (χ2v) is 6.49. The average Bonchev–Trinajstić information content (AvgIpc) is 3.23. The molecule has 0 atom stereocenters. The van der Waals surface area contributed by atoms with Gasteiger partial charge in [-0.15, -0.1) is 0 Å². The van der Waals surface area contributed by atoms with Crippen molar-refractivity contribution in [1.29, 1.82) is 0 Å². The Balaban J connectivity index is 1.38. The van der Waals surface area contributed by atoms with Crippen LogP contribution < -0.4 is 5.56 Å². The lowest BCUT2D eigenvalue weighted by Crippen LogP contribution is -2.47. The predicted octanol–water partition coefficient (Wildman–Crippen LogP) is -0.114. The number of fused-ring (bicyclic) bond motifs is 1. The number of hydrogen-bond donors (Lipinski definition) is 0. The Morgan fingerprint density at radius 3 is 2.72 bits per heavy atom. The van der Waals surface area contributed by atoms with Gasteiger partial charge < -0.3 is 14.4 Å². The zero-order chi connectivity index (χ0) is 17.4. The van der Waals surface area contributed by atoms with Crippen LogP contribution in [0.5, 0.6) is 0 Å². The summed E-state index contributed by atoms with van der Waals surface area (Å²) in [7, 11) is 1.74. The minimum atomic E-state index is -0.483. The molecule has 1 spiro atoms. The fourth-order valence-electron chi connectivity index (χ4n) is 3.48. The molecule has 0 aliphatic carbocycles. The highest BCUT2D eigenvalue weighted by Gasteiger charge is 2.40. The molecule has 2 aromatic rings. The lowest BCUT2D eigenvalue weighted by atomic mass is 10.0. The van der Waals surface area contributed by atoms with Crippen LogP contribution in [0, 0.1) is 0 Å². The number of aromatic nitrogens is 4. The van der Waals surface area contributed by atoms with Crippen molar-refractivity contribution in [1.82, 2.24) is 24.2 Å². The van der Waals surface area contributed by atoms with Gasteiger partial charge in [-0.1, -0.05) is 0 Å². The summed E-state index contributed by atoms with van der Waals surface area (Å²) in [6.07, 6.45) is 4.64. The van der Waals surface area contributed by atoms with Gasteiger partial charge in [0.1, 0.15) is 5.39 Å². The molecule has 1 amide bonds. The maximum Gasteiger partial charge on any atom is 0.264 e. The van der Waals surface area contributed by atoms with Gasteiger partial charge in [-0.3, -0.25) is 18.8 Å². The number of likely N-dealkylation sites (tertiary alicyclic amines) is 1. The Hall–Kier alpha value is -2.26. The number of amides is 1. The van der Waals surface area contributed by atoms with Gasteiger partial charge in [0, 0.05) is 45.9 Å². The molecule has 134 valence electrons. The van der Waals surface area contributed by atoms with Crippen molar-refractivity contribution in [3.05, 3.63) is 22.9 Å². The minimum absolute atomic E-state index is 0.0334. The Kier molecular flexibility index (Phi) is 4.04. The normalized spacial score (nSPS) is 19.8. The van der Waals surface area contributed by atoms with Gasteiger partial charge in [0.05, 0.1) is 25.7 Å². The third-order valence-electron chi connectivity index (χ3n) is 4.98. The maximum atomic E-state index is 12.4. The average molecular weight is 347 g/mol. The van der Waals surface area contributed by atoms with Gasteiger partial charge in [0.15, 0.2) is 11.4 Å². The molecule has 9 heteroatoms. The highest BCUT2D eigenvalue weighted by molar-refractivity contribution is 5.76. The van der Waals surface area contributed by atoms with Crippen LogP contribution in [0.25, 0.3) is 11.0 Å². The molecule has 0 unspecified atom stereocenters. The lowest BCUT2D eigenvalue weighted by molar-refractivity contribution is -0.187. The van der Waals surface area contributed by atoms with Gasteiger partial charge in [0.2, 0.25) is 5.91 Å². The van der Waals surface area contributed by atoms with E-state index in [2.05, 4.69) is 10.1 Å². The zero-order valence-corrected chi connectivity index (χ0v) is 14.2. The second-order valence-electron chi connectivity index (χ2n) is 6.49. The summed E-state index contributed by atoms with van der Waals surface area (Å²) in [5.41, 5.74) is 0.377. The number of rotatable bonds is 3. The number of nitrogens with zero attached hydrogens (tertiary/aromatic N) is 5. The van der Waals surface area contributed by atoms with E-state index in [0.29, 0.717) is 56.7 Å². The van der Waals surface area contributed by atoms with Crippen molar-refractivity contribution in [3.8, 4) is 0 Å². The third-order valence-corrected chi connectivity index (χ3v) is 4.98. The van der Waals surface area contributed by atoms with Gasteiger partial charge >= 0.3 is 0 Å². The smallest absolute Gasteiger partial charge is 0.264 e. The summed E-state index contributed by atoms with van der Waals surface area (Å²) in [5, 5.41) is 4.51. The van der Waals surface area contributed by atoms with Crippen LogP contribution in [0.15, 0.2) is 17.3 Å². The highest BCUT2D eigenvalue weighted by atomic mass is 16.7. The SMILES string of the molecule is Cn1ncc2c(=O)n(CCC(=O)N3CCC4(CC3)OCCO4)cnc21. The van der Waals surface area contributed by atoms with Crippen LogP contribution in [0.4, 0.5) is 0 Å². The number of carbonyl (C=O) groups is 1. The van der Waals surface area contributed by atoms with Crippen LogP contribution in [0.1, 0.15) is 19.3 Å². The summed E-state index contributed by atoms with van der Waals surface area (Å²) in [6, 6.07) is 0. The van der Waals surface area contributed by atoms with Gasteiger partial charge in [-0.05, 0) is 0 Å². The van der Waals surface area contributed by atoms with E-state index < -0.39 is 5.79 Å². The van der Waals surface area contributed by atoms with Crippen molar-refractivity contribution < 1.29 is 14.3 Å². The van der Waals surface area contributed by atoms with E-state index in [1.807, 2.05) is 4.90 Å². The first kappa shape index (κ1) is 16.2. The van der Waals surface area contributed by atoms with Crippen LogP contribution in [-0.2, 0) is 27.9 Å². The molecule has 25 heavy (non-hydrogen) atoms. The van der Waals surface area contributed by atoms with Crippen molar-refractivity contribution in [2.45, 2.75) is 31.6 Å². The van der Waals surface area contributed by atoms with E-state index in [9.17, 15) is 9.59 Å². The molecule has 2 aliphatic rings. The molecular formula is C16H21N5O4. The fraction of sp³-hybridized carbons (Fsp3) is 0.625. The molecule has 2 aliphatic heterocycles. The van der Waals surface area contributed by atoms with E-state index in [1.54, 1.807) is 11.7 Å². The first-order chi connectivity index (χ1) is 12.1. The van der Waals surface area contributed by atoms with E-state index in [4.69, 9.17) is 9.47 Å². The first-order valence-corrected chi connectivity index (χ1v) is 8.51. The molecular weight excluding hydrogens is 326 g/mol. The maximum absolute atomic E-state index is 12.4. The topological polar surface area (TPSA) is 91.5 Å². The first-order valence-electron chi connectivity index (χ1n) is 8.51. The van der Waals surface area contributed by atoms with E-state index in [0.717, 1.165) is 0 Å². The molecule has 2 saturated heterocycles. The van der Waals surface area contributed by atoms with Crippen LogP contribution in [0.2, 0.25) is 0 Å². The molecule has 0 saturated carbocycles. The third kappa shape index (κ3) is 2.93. The molecule has 4 rings (SSSR count). The molecule has 0 radical (unpaired) electrons. The summed E-state index contributed by atoms with van der Waals surface area (Å²) < 4.78 is 14.4. The van der Waals surface area contributed by atoms with E-state index in [1.165, 1.54) is 17.1 Å². The zero-order valence-electron chi connectivity index (χ0n) is 14.2. The van der Waals surface area contributed by atoms with E-state index in [-0.39, 0.29) is 17.9 Å². The largest absolute Gasteiger partial charge is 0.347 e. The van der Waals surface area contributed by atoms with Crippen molar-refractivity contribution in [2.75, 3.05) is 26.3 Å². The van der Waals surface area contributed by atoms with Crippen LogP contribution in [0.3, 0.4) is 0 Å². The van der Waals surface area contributed by atoms with Gasteiger partial charge in [0.25, 0.3) is 5.56 Å². The summed E-state index contributed by atoms with van der Waals surface area (Å²) in [4.78, 5) is 30.9. The summed E-state index contributed by atoms with van der Waals surface area (Å²) >= 11 is 0. The fourth-order valence-corrected chi connectivity index (χ4v) is 3.48. The summed E-state index contributed by atoms with van der Waals surface area (Å²) in [6.45, 7) is 2.80. The molecule has 9 nitrogen and oxygen atoms in total. The molecule has 0 N–H and O–H groups in total. The molecule has 0 aromatic carbocycles. The molecule has 2 fully saturated rings. The minimum Gasteiger partial charge on any atom is -0.347 e. The quantitative estimate of drug-likeness (QED) is 0.769. The number of piperidine rings is 1. The van der Waals surface area contributed by atoms with Crippen molar-refractivity contribution >= 4 is 16.9 Å². The number of aryl methyl sites for hydroxylation is 2. The van der Waals surface area contributed by atoms with Gasteiger partial charge in [-0.25, -0.2) is 4.98 Å². The summed E-state index contributed by atoms with van der Waals surface area (Å²) in [5.74, 6) is -0.450. The van der Waals surface area contributed by atoms with Crippen LogP contribution in [-0.4, -0.2) is 62.2 Å². The Labute approximate surface area is 144 Å². The lowest BCUT2D eigenvalue weighted by Gasteiger charge is -2.37. The van der Waals surface area contributed by atoms with E-state index >= 15 is 0 Å². The molecule has 4 heterocycles. The molecule has 0 bridgehead atoms. The Morgan fingerprint density at radius 2 is 2.00 bits per heavy atom. The van der Waals surface area contributed by atoms with Gasteiger partial charge in [-0.2, -0.15) is 5.10 Å². The highest BCUT2D eigenvalue weighted by Crippen LogP contribution is 2.31. The predicted molar refractivity (Wildman–Crippen MR) is 87.8 cm³/mol. The monoisotopic (exact) mass is 347 g/mol. The number of hydrogen-bond acceptors (Lipinski definition) is 6. The number of ether oxygens (including phenoxy) is 2. The van der Waals surface area contributed by atoms with Crippen LogP contribution >= 0.6 is 0 Å².